The van der Waals surface area contributed by atoms with Gasteiger partial charge in [-0.15, -0.1) is 0 Å². The van der Waals surface area contributed by atoms with Crippen LogP contribution in [0.4, 0.5) is 4.79 Å². The van der Waals surface area contributed by atoms with Gasteiger partial charge in [-0.3, -0.25) is 0 Å². The highest BCUT2D eigenvalue weighted by atomic mass is 79.9. The van der Waals surface area contributed by atoms with Gasteiger partial charge in [0, 0.05) is 21.3 Å². The molecule has 0 atom stereocenters. The molecule has 0 unspecified atom stereocenters. The first kappa shape index (κ1) is 7.43. The zero-order valence-electron chi connectivity index (χ0n) is 3.49. The van der Waals surface area contributed by atoms with Gasteiger partial charge >= 0.3 is 4.88 Å². The molecule has 0 N–H and O–H groups in total. The Balaban J connectivity index is 2.82. The smallest absolute Gasteiger partial charge is 0.374 e. The minimum absolute atomic E-state index is 0.410. The van der Waals surface area contributed by atoms with Gasteiger partial charge in [0.05, 0.1) is 0 Å². The van der Waals surface area contributed by atoms with E-state index in [0.717, 1.165) is 0 Å². The van der Waals surface area contributed by atoms with E-state index in [1.165, 1.54) is 0 Å². The van der Waals surface area contributed by atoms with Crippen molar-refractivity contribution >= 4 is 36.7 Å². The van der Waals surface area contributed by atoms with Crippen molar-refractivity contribution in [2.75, 3.05) is 11.9 Å². The predicted molar refractivity (Wildman–Crippen MR) is 34.1 cm³/mol. The molecule has 4 heteroatoms. The first-order valence-corrected chi connectivity index (χ1v) is 3.57. The van der Waals surface area contributed by atoms with E-state index in [4.69, 9.17) is 0 Å². The van der Waals surface area contributed by atoms with Crippen LogP contribution in [0.5, 0.6) is 0 Å². The average Bonchev–Trinajstić information content (AvgIpc) is 1.61. The Labute approximate surface area is 58.5 Å². The van der Waals surface area contributed by atoms with Gasteiger partial charge in [-0.25, -0.2) is 4.79 Å². The Morgan fingerprint density at radius 1 is 1.71 bits per heavy atom. The monoisotopic (exact) mass is 230 g/mol. The molecule has 2 nitrogen and oxygen atoms in total. The highest BCUT2D eigenvalue weighted by Crippen LogP contribution is 1.90. The quantitative estimate of drug-likeness (QED) is 0.536. The molecule has 0 aliphatic rings. The van der Waals surface area contributed by atoms with E-state index in [2.05, 4.69) is 36.6 Å². The minimum atomic E-state index is -0.410. The molecule has 0 spiro atoms. The Hall–Kier alpha value is 0.430. The molecule has 0 aromatic rings. The average molecular weight is 232 g/mol. The van der Waals surface area contributed by atoms with Crippen LogP contribution in [0.3, 0.4) is 0 Å². The zero-order chi connectivity index (χ0) is 5.70. The maximum atomic E-state index is 9.88. The van der Waals surface area contributed by atoms with Gasteiger partial charge < -0.3 is 4.74 Å². The largest absolute Gasteiger partial charge is 0.456 e. The van der Waals surface area contributed by atoms with Crippen LogP contribution in [-0.2, 0) is 4.74 Å². The van der Waals surface area contributed by atoms with E-state index in [-0.39, 0.29) is 0 Å². The van der Waals surface area contributed by atoms with Crippen LogP contribution < -0.4 is 0 Å². The summed E-state index contributed by atoms with van der Waals surface area (Å²) >= 11 is 5.67. The van der Waals surface area contributed by atoms with Crippen LogP contribution in [0, 0.1) is 0 Å². The molecule has 0 bridgehead atoms. The highest BCUT2D eigenvalue weighted by Gasteiger charge is 1.89. The topological polar surface area (TPSA) is 26.3 Å². The third kappa shape index (κ3) is 6.43. The molecular formula is C3H4Br2O2. The van der Waals surface area contributed by atoms with Crippen molar-refractivity contribution in [2.45, 2.75) is 0 Å². The second kappa shape index (κ2) is 4.59. The summed E-state index contributed by atoms with van der Waals surface area (Å²) in [6.07, 6.45) is 0. The fourth-order valence-electron chi connectivity index (χ4n) is 0.119. The number of ether oxygens (including phenoxy) is 1. The maximum absolute atomic E-state index is 9.88. The summed E-state index contributed by atoms with van der Waals surface area (Å²) in [6.45, 7) is 0.421. The molecule has 0 aromatic carbocycles. The van der Waals surface area contributed by atoms with Gasteiger partial charge in [0.25, 0.3) is 0 Å². The lowest BCUT2D eigenvalue weighted by Gasteiger charge is -1.91. The summed E-state index contributed by atoms with van der Waals surface area (Å²) in [4.78, 5) is 9.47. The lowest BCUT2D eigenvalue weighted by molar-refractivity contribution is 0.184. The van der Waals surface area contributed by atoms with Gasteiger partial charge in [-0.2, -0.15) is 0 Å². The molecule has 0 aromatic heterocycles. The van der Waals surface area contributed by atoms with Crippen molar-refractivity contribution in [2.24, 2.45) is 0 Å². The summed E-state index contributed by atoms with van der Waals surface area (Å²) in [5.74, 6) is 0. The number of hydrogen-bond donors (Lipinski definition) is 0. The van der Waals surface area contributed by atoms with Crippen LogP contribution in [0.15, 0.2) is 0 Å². The number of halogens is 2. The molecule has 0 saturated carbocycles. The lowest BCUT2D eigenvalue weighted by Crippen LogP contribution is -1.95. The van der Waals surface area contributed by atoms with E-state index in [1.54, 1.807) is 0 Å². The van der Waals surface area contributed by atoms with Crippen LogP contribution in [0.2, 0.25) is 0 Å². The first-order valence-electron chi connectivity index (χ1n) is 1.65. The van der Waals surface area contributed by atoms with Crippen LogP contribution in [0.1, 0.15) is 0 Å². The van der Waals surface area contributed by atoms with E-state index in [1.807, 2.05) is 0 Å². The van der Waals surface area contributed by atoms with Gasteiger partial charge in [0.1, 0.15) is 6.61 Å². The van der Waals surface area contributed by atoms with Crippen molar-refractivity contribution in [3.63, 3.8) is 0 Å². The number of alkyl halides is 1. The van der Waals surface area contributed by atoms with Crippen molar-refractivity contribution in [3.8, 4) is 0 Å². The fourth-order valence-corrected chi connectivity index (χ4v) is 0.443. The van der Waals surface area contributed by atoms with Crippen molar-refractivity contribution < 1.29 is 9.53 Å². The van der Waals surface area contributed by atoms with Gasteiger partial charge in [0.2, 0.25) is 0 Å². The SMILES string of the molecule is O=C(Br)OCCBr. The number of carbonyl (C=O) groups excluding carboxylic acids is 1. The molecule has 42 valence electrons. The van der Waals surface area contributed by atoms with Crippen LogP contribution in [-0.4, -0.2) is 16.8 Å². The van der Waals surface area contributed by atoms with Gasteiger partial charge in [-0.05, 0) is 0 Å². The minimum Gasteiger partial charge on any atom is -0.456 e. The summed E-state index contributed by atoms with van der Waals surface area (Å²) < 4.78 is 4.42. The molecule has 0 fully saturated rings. The van der Waals surface area contributed by atoms with Crippen LogP contribution >= 0.6 is 31.9 Å². The number of hydrogen-bond acceptors (Lipinski definition) is 2. The molecule has 0 aliphatic carbocycles. The van der Waals surface area contributed by atoms with Crippen molar-refractivity contribution in [1.82, 2.24) is 0 Å². The highest BCUT2D eigenvalue weighted by molar-refractivity contribution is 9.18. The number of carbonyl (C=O) groups is 1. The maximum Gasteiger partial charge on any atom is 0.374 e. The van der Waals surface area contributed by atoms with E-state index in [9.17, 15) is 4.79 Å². The van der Waals surface area contributed by atoms with E-state index < -0.39 is 4.88 Å². The Kier molecular flexibility index (Phi) is 4.87. The second-order valence-electron chi connectivity index (χ2n) is 0.775. The predicted octanol–water partition coefficient (Wildman–Crippen LogP) is 1.91. The summed E-state index contributed by atoms with van der Waals surface area (Å²) in [7, 11) is 0. The third-order valence-corrected chi connectivity index (χ3v) is 0.845. The van der Waals surface area contributed by atoms with Gasteiger partial charge in [-0.1, -0.05) is 15.9 Å². The summed E-state index contributed by atoms with van der Waals surface area (Å²) in [5, 5.41) is 0.685. The second-order valence-corrected chi connectivity index (χ2v) is 2.22. The molecule has 0 aliphatic heterocycles. The molecule has 7 heavy (non-hydrogen) atoms. The number of rotatable bonds is 2. The van der Waals surface area contributed by atoms with Crippen molar-refractivity contribution in [3.05, 3.63) is 0 Å². The van der Waals surface area contributed by atoms with Crippen LogP contribution in [0.25, 0.3) is 0 Å². The standard InChI is InChI=1S/C3H4Br2O2/c4-1-2-7-3(5)6/h1-2H2. The Bertz CT molecular complexity index is 64.0. The summed E-state index contributed by atoms with van der Waals surface area (Å²) in [6, 6.07) is 0. The molecule has 0 radical (unpaired) electrons. The first-order chi connectivity index (χ1) is 3.27. The molecular weight excluding hydrogens is 228 g/mol. The van der Waals surface area contributed by atoms with E-state index in [0.29, 0.717) is 11.9 Å². The van der Waals surface area contributed by atoms with E-state index >= 15 is 0 Å². The van der Waals surface area contributed by atoms with Gasteiger partial charge in [0.15, 0.2) is 0 Å². The normalized spacial score (nSPS) is 8.29. The summed E-state index contributed by atoms with van der Waals surface area (Å²) in [5.41, 5.74) is 0. The molecule has 0 heterocycles. The fraction of sp³-hybridized carbons (Fsp3) is 0.667. The van der Waals surface area contributed by atoms with Crippen molar-refractivity contribution in [1.29, 1.82) is 0 Å². The zero-order valence-corrected chi connectivity index (χ0v) is 6.66. The Morgan fingerprint density at radius 2 is 2.29 bits per heavy atom. The Morgan fingerprint density at radius 3 is 2.43 bits per heavy atom. The lowest BCUT2D eigenvalue weighted by atomic mass is 10.9. The molecule has 0 amide bonds. The third-order valence-electron chi connectivity index (χ3n) is 0.293. The molecule has 0 saturated heterocycles. The molecule has 0 rings (SSSR count).